The van der Waals surface area contributed by atoms with E-state index in [1.807, 2.05) is 53.8 Å². The molecule has 3 rings (SSSR count). The molecule has 1 saturated heterocycles. The third kappa shape index (κ3) is 4.47. The monoisotopic (exact) mass is 454 g/mol. The minimum absolute atomic E-state index is 0.213. The fourth-order valence-electron chi connectivity index (χ4n) is 3.23. The molecular formula is C19H27BrN4O4. The van der Waals surface area contributed by atoms with Crippen molar-refractivity contribution in [2.75, 3.05) is 13.2 Å². The summed E-state index contributed by atoms with van der Waals surface area (Å²) in [7, 11) is 1.85. The predicted octanol–water partition coefficient (Wildman–Crippen LogP) is 3.62. The molecule has 1 aromatic carbocycles. The third-order valence-corrected chi connectivity index (χ3v) is 5.08. The molecule has 0 saturated carbocycles. The Morgan fingerprint density at radius 3 is 2.79 bits per heavy atom. The smallest absolute Gasteiger partial charge is 0.412 e. The van der Waals surface area contributed by atoms with Crippen LogP contribution in [0.2, 0.25) is 0 Å². The number of carbonyl (C=O) groups excluding carboxylic acids is 1. The normalized spacial score (nSPS) is 19.4. The van der Waals surface area contributed by atoms with Crippen LogP contribution >= 0.6 is 15.9 Å². The summed E-state index contributed by atoms with van der Waals surface area (Å²) < 4.78 is 19.9. The van der Waals surface area contributed by atoms with Crippen LogP contribution in [0.5, 0.6) is 0 Å². The second-order valence-corrected chi connectivity index (χ2v) is 9.29. The van der Waals surface area contributed by atoms with Gasteiger partial charge in [0.25, 0.3) is 0 Å². The SMILES string of the molecule is Cn1nnc2c(Br)cc(COC[C@H]3COC(C)(C)N3C(=O)OC(C)(C)C)cc21. The van der Waals surface area contributed by atoms with E-state index in [1.165, 1.54) is 0 Å². The first-order chi connectivity index (χ1) is 13.0. The molecule has 0 unspecified atom stereocenters. The molecule has 2 aromatic rings. The highest BCUT2D eigenvalue weighted by Gasteiger charge is 2.45. The molecular weight excluding hydrogens is 428 g/mol. The lowest BCUT2D eigenvalue weighted by Crippen LogP contribution is -2.51. The lowest BCUT2D eigenvalue weighted by atomic mass is 10.2. The van der Waals surface area contributed by atoms with Gasteiger partial charge < -0.3 is 14.2 Å². The van der Waals surface area contributed by atoms with Crippen LogP contribution in [0, 0.1) is 0 Å². The van der Waals surface area contributed by atoms with Crippen molar-refractivity contribution in [3.05, 3.63) is 22.2 Å². The fraction of sp³-hybridized carbons (Fsp3) is 0.632. The largest absolute Gasteiger partial charge is 0.444 e. The van der Waals surface area contributed by atoms with E-state index < -0.39 is 17.4 Å². The maximum absolute atomic E-state index is 12.7. The molecule has 28 heavy (non-hydrogen) atoms. The van der Waals surface area contributed by atoms with Crippen LogP contribution in [-0.2, 0) is 27.9 Å². The van der Waals surface area contributed by atoms with Crippen LogP contribution in [0.3, 0.4) is 0 Å². The van der Waals surface area contributed by atoms with Crippen LogP contribution in [0.15, 0.2) is 16.6 Å². The van der Waals surface area contributed by atoms with Gasteiger partial charge >= 0.3 is 6.09 Å². The Bertz CT molecular complexity index is 875. The highest BCUT2D eigenvalue weighted by atomic mass is 79.9. The molecule has 1 amide bonds. The summed E-state index contributed by atoms with van der Waals surface area (Å²) in [5.74, 6) is 0. The van der Waals surface area contributed by atoms with E-state index in [-0.39, 0.29) is 6.04 Å². The molecule has 0 radical (unpaired) electrons. The molecule has 1 aromatic heterocycles. The lowest BCUT2D eigenvalue weighted by molar-refractivity contribution is -0.0658. The van der Waals surface area contributed by atoms with Gasteiger partial charge in [0.2, 0.25) is 0 Å². The minimum Gasteiger partial charge on any atom is -0.444 e. The Kier molecular flexibility index (Phi) is 5.71. The summed E-state index contributed by atoms with van der Waals surface area (Å²) in [6, 6.07) is 3.76. The number of aromatic nitrogens is 3. The number of hydrogen-bond acceptors (Lipinski definition) is 6. The number of fused-ring (bicyclic) bond motifs is 1. The van der Waals surface area contributed by atoms with E-state index in [0.29, 0.717) is 19.8 Å². The number of halogens is 1. The van der Waals surface area contributed by atoms with Crippen LogP contribution in [0.25, 0.3) is 11.0 Å². The molecule has 154 valence electrons. The maximum Gasteiger partial charge on any atom is 0.412 e. The second kappa shape index (κ2) is 7.61. The number of aryl methyl sites for hydroxylation is 1. The zero-order chi connectivity index (χ0) is 20.7. The van der Waals surface area contributed by atoms with Crippen molar-refractivity contribution in [3.63, 3.8) is 0 Å². The van der Waals surface area contributed by atoms with Crippen molar-refractivity contribution in [2.24, 2.45) is 7.05 Å². The van der Waals surface area contributed by atoms with Crippen LogP contribution in [0.4, 0.5) is 4.79 Å². The highest BCUT2D eigenvalue weighted by molar-refractivity contribution is 9.10. The first-order valence-corrected chi connectivity index (χ1v) is 9.99. The van der Waals surface area contributed by atoms with Gasteiger partial charge in [0.05, 0.1) is 31.4 Å². The number of hydrogen-bond donors (Lipinski definition) is 0. The van der Waals surface area contributed by atoms with E-state index in [9.17, 15) is 4.79 Å². The Morgan fingerprint density at radius 2 is 2.11 bits per heavy atom. The molecule has 2 heterocycles. The highest BCUT2D eigenvalue weighted by Crippen LogP contribution is 2.30. The van der Waals surface area contributed by atoms with Gasteiger partial charge in [-0.25, -0.2) is 9.48 Å². The summed E-state index contributed by atoms with van der Waals surface area (Å²) in [6.07, 6.45) is -0.395. The van der Waals surface area contributed by atoms with Gasteiger partial charge in [0.1, 0.15) is 16.8 Å². The molecule has 1 fully saturated rings. The maximum atomic E-state index is 12.7. The van der Waals surface area contributed by atoms with Gasteiger partial charge in [-0.15, -0.1) is 5.10 Å². The summed E-state index contributed by atoms with van der Waals surface area (Å²) in [4.78, 5) is 14.3. The molecule has 9 heteroatoms. The third-order valence-electron chi connectivity index (χ3n) is 4.47. The number of carbonyl (C=O) groups is 1. The van der Waals surface area contributed by atoms with Gasteiger partial charge in [0, 0.05) is 11.5 Å². The topological polar surface area (TPSA) is 78.7 Å². The first-order valence-electron chi connectivity index (χ1n) is 9.20. The Balaban J connectivity index is 1.66. The summed E-state index contributed by atoms with van der Waals surface area (Å²) in [5, 5.41) is 8.16. The van der Waals surface area contributed by atoms with Crippen molar-refractivity contribution >= 4 is 33.1 Å². The summed E-state index contributed by atoms with van der Waals surface area (Å²) >= 11 is 3.53. The van der Waals surface area contributed by atoms with Crippen molar-refractivity contribution in [1.82, 2.24) is 19.9 Å². The average Bonchev–Trinajstić information content (AvgIpc) is 3.06. The fourth-order valence-corrected chi connectivity index (χ4v) is 3.80. The van der Waals surface area contributed by atoms with Crippen LogP contribution < -0.4 is 0 Å². The van der Waals surface area contributed by atoms with Gasteiger partial charge in [-0.2, -0.15) is 0 Å². The van der Waals surface area contributed by atoms with Gasteiger partial charge in [-0.05, 0) is 68.2 Å². The molecule has 0 bridgehead atoms. The molecule has 1 aliphatic rings. The zero-order valence-electron chi connectivity index (χ0n) is 17.2. The van der Waals surface area contributed by atoms with Crippen LogP contribution in [-0.4, -0.2) is 56.6 Å². The van der Waals surface area contributed by atoms with Crippen molar-refractivity contribution in [2.45, 2.75) is 58.6 Å². The van der Waals surface area contributed by atoms with E-state index in [0.717, 1.165) is 21.1 Å². The van der Waals surface area contributed by atoms with E-state index >= 15 is 0 Å². The molecule has 0 spiro atoms. The Labute approximate surface area is 173 Å². The molecule has 0 N–H and O–H groups in total. The summed E-state index contributed by atoms with van der Waals surface area (Å²) in [6.45, 7) is 10.4. The summed E-state index contributed by atoms with van der Waals surface area (Å²) in [5.41, 5.74) is 1.42. The van der Waals surface area contributed by atoms with E-state index in [1.54, 1.807) is 9.58 Å². The van der Waals surface area contributed by atoms with Crippen LogP contribution in [0.1, 0.15) is 40.2 Å². The predicted molar refractivity (Wildman–Crippen MR) is 108 cm³/mol. The van der Waals surface area contributed by atoms with E-state index in [4.69, 9.17) is 14.2 Å². The van der Waals surface area contributed by atoms with Gasteiger partial charge in [-0.1, -0.05) is 5.21 Å². The minimum atomic E-state index is -0.737. The Hall–Kier alpha value is -1.71. The number of nitrogens with zero attached hydrogens (tertiary/aromatic N) is 4. The number of benzene rings is 1. The lowest BCUT2D eigenvalue weighted by Gasteiger charge is -2.35. The van der Waals surface area contributed by atoms with E-state index in [2.05, 4.69) is 26.2 Å². The van der Waals surface area contributed by atoms with Crippen molar-refractivity contribution in [1.29, 1.82) is 0 Å². The van der Waals surface area contributed by atoms with Gasteiger partial charge in [0.15, 0.2) is 0 Å². The number of rotatable bonds is 4. The zero-order valence-corrected chi connectivity index (χ0v) is 18.7. The number of ether oxygens (including phenoxy) is 3. The van der Waals surface area contributed by atoms with Crippen molar-refractivity contribution in [3.8, 4) is 0 Å². The average molecular weight is 455 g/mol. The second-order valence-electron chi connectivity index (χ2n) is 8.44. The van der Waals surface area contributed by atoms with Crippen molar-refractivity contribution < 1.29 is 19.0 Å². The molecule has 1 atom stereocenters. The Morgan fingerprint density at radius 1 is 1.39 bits per heavy atom. The van der Waals surface area contributed by atoms with Gasteiger partial charge in [-0.3, -0.25) is 4.90 Å². The standard InChI is InChI=1S/C19H27BrN4O4/c1-18(2,3)28-17(25)24-13(11-27-19(24,4)5)10-26-9-12-7-14(20)16-15(8-12)23(6)22-21-16/h7-8,13H,9-11H2,1-6H3/t13-/m0/s1. The molecule has 0 aliphatic carbocycles. The quantitative estimate of drug-likeness (QED) is 0.701. The first kappa shape index (κ1) is 21.0. The molecule has 8 nitrogen and oxygen atoms in total. The number of amides is 1. The molecule has 1 aliphatic heterocycles.